The summed E-state index contributed by atoms with van der Waals surface area (Å²) < 4.78 is 42.7. The highest BCUT2D eigenvalue weighted by atomic mass is 79.9. The molecule has 0 aliphatic rings. The molecule has 1 aromatic heterocycles. The first-order valence-corrected chi connectivity index (χ1v) is 5.57. The van der Waals surface area contributed by atoms with Crippen LogP contribution in [0.15, 0.2) is 41.4 Å². The fourth-order valence-corrected chi connectivity index (χ4v) is 1.41. The van der Waals surface area contributed by atoms with Gasteiger partial charge in [-0.15, -0.1) is 0 Å². The number of nitrogens with zero attached hydrogens (tertiary/aromatic N) is 2. The van der Waals surface area contributed by atoms with Crippen LogP contribution in [0.25, 0.3) is 0 Å². The summed E-state index contributed by atoms with van der Waals surface area (Å²) in [4.78, 5) is 7.67. The molecular formula is C11H6BrF3N2O. The lowest BCUT2D eigenvalue weighted by Gasteiger charge is -2.08. The SMILES string of the molecule is FC(F)(F)c1ccc(Oc2cnc(Br)nc2)cc1. The molecule has 7 heteroatoms. The Hall–Kier alpha value is -1.63. The molecule has 0 fully saturated rings. The molecule has 0 radical (unpaired) electrons. The van der Waals surface area contributed by atoms with E-state index in [1.165, 1.54) is 24.5 Å². The molecule has 0 bridgehead atoms. The Labute approximate surface area is 109 Å². The van der Waals surface area contributed by atoms with Crippen molar-refractivity contribution in [1.29, 1.82) is 0 Å². The maximum Gasteiger partial charge on any atom is 0.416 e. The normalized spacial score (nSPS) is 11.3. The third-order valence-corrected chi connectivity index (χ3v) is 2.42. The zero-order valence-corrected chi connectivity index (χ0v) is 10.4. The fraction of sp³-hybridized carbons (Fsp3) is 0.0909. The van der Waals surface area contributed by atoms with Crippen LogP contribution < -0.4 is 4.74 Å². The van der Waals surface area contributed by atoms with Gasteiger partial charge in [0.2, 0.25) is 0 Å². The van der Waals surface area contributed by atoms with Crippen molar-refractivity contribution in [3.63, 3.8) is 0 Å². The van der Waals surface area contributed by atoms with E-state index in [9.17, 15) is 13.2 Å². The van der Waals surface area contributed by atoms with Gasteiger partial charge in [-0.05, 0) is 40.2 Å². The number of hydrogen-bond donors (Lipinski definition) is 0. The van der Waals surface area contributed by atoms with Gasteiger partial charge in [-0.25, -0.2) is 9.97 Å². The third-order valence-electron chi connectivity index (χ3n) is 2.01. The van der Waals surface area contributed by atoms with Gasteiger partial charge in [0, 0.05) is 0 Å². The van der Waals surface area contributed by atoms with Crippen LogP contribution in [0.5, 0.6) is 11.5 Å². The lowest BCUT2D eigenvalue weighted by molar-refractivity contribution is -0.137. The summed E-state index contributed by atoms with van der Waals surface area (Å²) in [6, 6.07) is 4.39. The number of ether oxygens (including phenoxy) is 1. The van der Waals surface area contributed by atoms with Crippen molar-refractivity contribution in [2.24, 2.45) is 0 Å². The predicted octanol–water partition coefficient (Wildman–Crippen LogP) is 4.05. The van der Waals surface area contributed by atoms with Gasteiger partial charge >= 0.3 is 6.18 Å². The Balaban J connectivity index is 2.13. The first-order chi connectivity index (χ1) is 8.45. The lowest BCUT2D eigenvalue weighted by Crippen LogP contribution is -2.04. The smallest absolute Gasteiger partial charge is 0.416 e. The van der Waals surface area contributed by atoms with Crippen LogP contribution >= 0.6 is 15.9 Å². The fourth-order valence-electron chi connectivity index (χ4n) is 1.20. The van der Waals surface area contributed by atoms with E-state index in [-0.39, 0.29) is 5.75 Å². The van der Waals surface area contributed by atoms with Crippen LogP contribution in [0.1, 0.15) is 5.56 Å². The monoisotopic (exact) mass is 318 g/mol. The van der Waals surface area contributed by atoms with Gasteiger partial charge in [-0.1, -0.05) is 0 Å². The molecule has 0 N–H and O–H groups in total. The largest absolute Gasteiger partial charge is 0.454 e. The summed E-state index contributed by atoms with van der Waals surface area (Å²) >= 11 is 3.06. The zero-order chi connectivity index (χ0) is 13.2. The van der Waals surface area contributed by atoms with Gasteiger partial charge in [0.25, 0.3) is 0 Å². The zero-order valence-electron chi connectivity index (χ0n) is 8.78. The van der Waals surface area contributed by atoms with Gasteiger partial charge in [-0.2, -0.15) is 13.2 Å². The molecule has 3 nitrogen and oxygen atoms in total. The van der Waals surface area contributed by atoms with E-state index in [4.69, 9.17) is 4.74 Å². The first-order valence-electron chi connectivity index (χ1n) is 4.78. The summed E-state index contributed by atoms with van der Waals surface area (Å²) in [5, 5.41) is 0. The topological polar surface area (TPSA) is 35.0 Å². The minimum Gasteiger partial charge on any atom is -0.454 e. The molecule has 2 rings (SSSR count). The number of hydrogen-bond acceptors (Lipinski definition) is 3. The van der Waals surface area contributed by atoms with Crippen molar-refractivity contribution >= 4 is 15.9 Å². The Morgan fingerprint density at radius 1 is 0.944 bits per heavy atom. The first kappa shape index (κ1) is 12.8. The van der Waals surface area contributed by atoms with Gasteiger partial charge in [0.1, 0.15) is 5.75 Å². The molecule has 0 saturated heterocycles. The van der Waals surface area contributed by atoms with Crippen LogP contribution in [0.3, 0.4) is 0 Å². The van der Waals surface area contributed by atoms with Crippen molar-refractivity contribution in [1.82, 2.24) is 9.97 Å². The van der Waals surface area contributed by atoms with E-state index < -0.39 is 11.7 Å². The van der Waals surface area contributed by atoms with E-state index in [0.29, 0.717) is 10.5 Å². The van der Waals surface area contributed by atoms with E-state index in [1.54, 1.807) is 0 Å². The van der Waals surface area contributed by atoms with E-state index >= 15 is 0 Å². The van der Waals surface area contributed by atoms with Gasteiger partial charge in [0.05, 0.1) is 18.0 Å². The minimum atomic E-state index is -4.35. The van der Waals surface area contributed by atoms with Gasteiger partial charge < -0.3 is 4.74 Å². The second-order valence-electron chi connectivity index (χ2n) is 3.31. The second kappa shape index (κ2) is 4.93. The maximum atomic E-state index is 12.3. The van der Waals surface area contributed by atoms with Crippen LogP contribution in [0.4, 0.5) is 13.2 Å². The average molecular weight is 319 g/mol. The molecule has 0 spiro atoms. The van der Waals surface area contributed by atoms with Crippen molar-refractivity contribution < 1.29 is 17.9 Å². The van der Waals surface area contributed by atoms with E-state index in [2.05, 4.69) is 25.9 Å². The van der Waals surface area contributed by atoms with Crippen LogP contribution in [0.2, 0.25) is 0 Å². The van der Waals surface area contributed by atoms with Crippen LogP contribution in [0, 0.1) is 0 Å². The number of benzene rings is 1. The second-order valence-corrected chi connectivity index (χ2v) is 4.02. The molecule has 94 valence electrons. The number of halogens is 4. The molecule has 0 aliphatic heterocycles. The highest BCUT2D eigenvalue weighted by Gasteiger charge is 2.30. The van der Waals surface area contributed by atoms with Crippen LogP contribution in [-0.2, 0) is 6.18 Å². The number of rotatable bonds is 2. The Bertz CT molecular complexity index is 525. The third kappa shape index (κ3) is 3.19. The summed E-state index contributed by atoms with van der Waals surface area (Å²) in [5.74, 6) is 0.631. The molecule has 1 heterocycles. The van der Waals surface area contributed by atoms with E-state index in [1.807, 2.05) is 0 Å². The van der Waals surface area contributed by atoms with Crippen molar-refractivity contribution in [2.45, 2.75) is 6.18 Å². The highest BCUT2D eigenvalue weighted by Crippen LogP contribution is 2.31. The molecule has 0 unspecified atom stereocenters. The minimum absolute atomic E-state index is 0.286. The molecular weight excluding hydrogens is 313 g/mol. The lowest BCUT2D eigenvalue weighted by atomic mass is 10.2. The Morgan fingerprint density at radius 2 is 1.50 bits per heavy atom. The standard InChI is InChI=1S/C11H6BrF3N2O/c12-10-16-5-9(6-17-10)18-8-3-1-7(2-4-8)11(13,14)15/h1-6H. The molecule has 18 heavy (non-hydrogen) atoms. The predicted molar refractivity (Wildman–Crippen MR) is 61.3 cm³/mol. The summed E-state index contributed by atoms with van der Waals surface area (Å²) in [5.41, 5.74) is -0.720. The number of aromatic nitrogens is 2. The highest BCUT2D eigenvalue weighted by molar-refractivity contribution is 9.10. The summed E-state index contributed by atoms with van der Waals surface area (Å²) in [6.07, 6.45) is -1.53. The van der Waals surface area contributed by atoms with Crippen molar-refractivity contribution in [3.8, 4) is 11.5 Å². The van der Waals surface area contributed by atoms with Crippen molar-refractivity contribution in [3.05, 3.63) is 47.0 Å². The quantitative estimate of drug-likeness (QED) is 0.783. The van der Waals surface area contributed by atoms with Gasteiger partial charge in [0.15, 0.2) is 10.5 Å². The molecule has 0 aliphatic carbocycles. The summed E-state index contributed by atoms with van der Waals surface area (Å²) in [7, 11) is 0. The van der Waals surface area contributed by atoms with Crippen molar-refractivity contribution in [2.75, 3.05) is 0 Å². The van der Waals surface area contributed by atoms with E-state index in [0.717, 1.165) is 12.1 Å². The average Bonchev–Trinajstić information content (AvgIpc) is 2.32. The molecule has 0 atom stereocenters. The summed E-state index contributed by atoms with van der Waals surface area (Å²) in [6.45, 7) is 0. The Kier molecular flexibility index (Phi) is 3.51. The number of alkyl halides is 3. The maximum absolute atomic E-state index is 12.3. The molecule has 1 aromatic carbocycles. The van der Waals surface area contributed by atoms with Crippen LogP contribution in [-0.4, -0.2) is 9.97 Å². The molecule has 2 aromatic rings. The molecule has 0 amide bonds. The molecule has 0 saturated carbocycles. The van der Waals surface area contributed by atoms with Gasteiger partial charge in [-0.3, -0.25) is 0 Å². The Morgan fingerprint density at radius 3 is 2.00 bits per heavy atom.